The van der Waals surface area contributed by atoms with Crippen LogP contribution in [0.25, 0.3) is 0 Å². The normalized spacial score (nSPS) is 11.4. The third kappa shape index (κ3) is 4.43. The molecule has 1 heterocycles. The zero-order valence-corrected chi connectivity index (χ0v) is 13.5. The zero-order chi connectivity index (χ0) is 15.9. The summed E-state index contributed by atoms with van der Waals surface area (Å²) in [5, 5.41) is 12.0. The van der Waals surface area contributed by atoms with Crippen LogP contribution in [0.1, 0.15) is 18.1 Å². The molecule has 5 nitrogen and oxygen atoms in total. The molecule has 2 N–H and O–H groups in total. The van der Waals surface area contributed by atoms with Gasteiger partial charge in [0.05, 0.1) is 5.71 Å². The number of nitrogens with one attached hydrogen (secondary N) is 2. The average Bonchev–Trinajstić information content (AvgIpc) is 3.07. The molecule has 0 atom stereocenters. The number of hydrogen-bond donors (Lipinski definition) is 2. The lowest BCUT2D eigenvalue weighted by Crippen LogP contribution is -2.00. The van der Waals surface area contributed by atoms with Gasteiger partial charge in [-0.2, -0.15) is 10.1 Å². The van der Waals surface area contributed by atoms with E-state index in [4.69, 9.17) is 0 Å². The first-order chi connectivity index (χ1) is 11.3. The van der Waals surface area contributed by atoms with Gasteiger partial charge in [0.15, 0.2) is 0 Å². The molecule has 0 bridgehead atoms. The van der Waals surface area contributed by atoms with Crippen LogP contribution in [-0.2, 0) is 5.75 Å². The minimum Gasteiger partial charge on any atom is -0.245 e. The van der Waals surface area contributed by atoms with Crippen LogP contribution in [0.4, 0.5) is 5.95 Å². The van der Waals surface area contributed by atoms with Crippen LogP contribution in [-0.4, -0.2) is 20.9 Å². The van der Waals surface area contributed by atoms with Crippen molar-refractivity contribution in [3.05, 3.63) is 71.8 Å². The maximum absolute atomic E-state index is 4.37. The summed E-state index contributed by atoms with van der Waals surface area (Å²) < 4.78 is 0. The van der Waals surface area contributed by atoms with E-state index in [1.54, 1.807) is 11.8 Å². The Bertz CT molecular complexity index is 768. The molecule has 0 saturated heterocycles. The van der Waals surface area contributed by atoms with Crippen molar-refractivity contribution in [2.45, 2.75) is 17.8 Å². The molecule has 3 rings (SSSR count). The number of hydrogen-bond acceptors (Lipinski definition) is 5. The Balaban J connectivity index is 1.57. The van der Waals surface area contributed by atoms with Gasteiger partial charge in [-0.05, 0) is 18.1 Å². The molecule has 0 amide bonds. The predicted molar refractivity (Wildman–Crippen MR) is 94.7 cm³/mol. The van der Waals surface area contributed by atoms with Crippen molar-refractivity contribution in [3.63, 3.8) is 0 Å². The minimum absolute atomic E-state index is 0.538. The highest BCUT2D eigenvalue weighted by Crippen LogP contribution is 2.19. The summed E-state index contributed by atoms with van der Waals surface area (Å²) in [6.07, 6.45) is 0. The summed E-state index contributed by atoms with van der Waals surface area (Å²) in [6.45, 7) is 1.95. The maximum Gasteiger partial charge on any atom is 0.240 e. The first kappa shape index (κ1) is 15.3. The van der Waals surface area contributed by atoms with Crippen LogP contribution in [0.3, 0.4) is 0 Å². The molecule has 0 aliphatic heterocycles. The van der Waals surface area contributed by atoms with Gasteiger partial charge >= 0.3 is 0 Å². The zero-order valence-electron chi connectivity index (χ0n) is 12.7. The highest BCUT2D eigenvalue weighted by molar-refractivity contribution is 7.98. The maximum atomic E-state index is 4.37. The van der Waals surface area contributed by atoms with Crippen molar-refractivity contribution in [2.75, 3.05) is 5.43 Å². The molecule has 116 valence electrons. The Labute approximate surface area is 139 Å². The van der Waals surface area contributed by atoms with Crippen LogP contribution in [0.5, 0.6) is 0 Å². The molecule has 2 aromatic carbocycles. The topological polar surface area (TPSA) is 66.0 Å². The first-order valence-electron chi connectivity index (χ1n) is 7.26. The number of aromatic nitrogens is 3. The third-order valence-corrected chi connectivity index (χ3v) is 4.12. The van der Waals surface area contributed by atoms with Gasteiger partial charge in [0.1, 0.15) is 0 Å². The molecule has 23 heavy (non-hydrogen) atoms. The largest absolute Gasteiger partial charge is 0.245 e. The van der Waals surface area contributed by atoms with E-state index < -0.39 is 0 Å². The van der Waals surface area contributed by atoms with Crippen LogP contribution >= 0.6 is 11.8 Å². The molecule has 1 aromatic heterocycles. The summed E-state index contributed by atoms with van der Waals surface area (Å²) in [6, 6.07) is 20.2. The molecule has 0 fully saturated rings. The van der Waals surface area contributed by atoms with Gasteiger partial charge in [-0.15, -0.1) is 5.10 Å². The van der Waals surface area contributed by atoms with Crippen LogP contribution in [0.15, 0.2) is 70.9 Å². The molecule has 0 unspecified atom stereocenters. The lowest BCUT2D eigenvalue weighted by Gasteiger charge is -2.00. The number of thioether (sulfide) groups is 1. The van der Waals surface area contributed by atoms with E-state index in [1.165, 1.54) is 5.56 Å². The molecule has 0 saturated carbocycles. The van der Waals surface area contributed by atoms with Gasteiger partial charge in [-0.3, -0.25) is 0 Å². The summed E-state index contributed by atoms with van der Waals surface area (Å²) in [5.41, 5.74) is 6.11. The Morgan fingerprint density at radius 2 is 1.78 bits per heavy atom. The number of benzene rings is 2. The first-order valence-corrected chi connectivity index (χ1v) is 8.24. The van der Waals surface area contributed by atoms with Crippen molar-refractivity contribution < 1.29 is 0 Å². The van der Waals surface area contributed by atoms with Gasteiger partial charge in [0.25, 0.3) is 0 Å². The van der Waals surface area contributed by atoms with E-state index in [2.05, 4.69) is 37.8 Å². The molecular formula is C17H17N5S. The van der Waals surface area contributed by atoms with Crippen LogP contribution in [0, 0.1) is 0 Å². The number of hydrazone groups is 1. The van der Waals surface area contributed by atoms with Gasteiger partial charge < -0.3 is 0 Å². The highest BCUT2D eigenvalue weighted by Gasteiger charge is 2.04. The summed E-state index contributed by atoms with van der Waals surface area (Å²) >= 11 is 1.58. The Morgan fingerprint density at radius 1 is 1.09 bits per heavy atom. The second-order valence-corrected chi connectivity index (χ2v) is 5.86. The van der Waals surface area contributed by atoms with E-state index in [-0.39, 0.29) is 0 Å². The van der Waals surface area contributed by atoms with E-state index in [1.807, 2.05) is 55.5 Å². The van der Waals surface area contributed by atoms with Gasteiger partial charge in [-0.25, -0.2) is 10.5 Å². The molecule has 0 aliphatic carbocycles. The Hall–Kier alpha value is -2.60. The molecule has 0 aliphatic rings. The number of nitrogens with zero attached hydrogens (tertiary/aromatic N) is 3. The second-order valence-electron chi connectivity index (χ2n) is 4.92. The van der Waals surface area contributed by atoms with Crippen molar-refractivity contribution in [1.82, 2.24) is 15.2 Å². The summed E-state index contributed by atoms with van der Waals surface area (Å²) in [7, 11) is 0. The number of aromatic amines is 1. The van der Waals surface area contributed by atoms with E-state index in [9.17, 15) is 0 Å². The lowest BCUT2D eigenvalue weighted by atomic mass is 10.1. The smallest absolute Gasteiger partial charge is 0.240 e. The number of anilines is 1. The van der Waals surface area contributed by atoms with Crippen LogP contribution in [0.2, 0.25) is 0 Å². The molecule has 0 spiro atoms. The third-order valence-electron chi connectivity index (χ3n) is 3.20. The monoisotopic (exact) mass is 323 g/mol. The van der Waals surface area contributed by atoms with Crippen LogP contribution < -0.4 is 5.43 Å². The molecule has 0 radical (unpaired) electrons. The fourth-order valence-electron chi connectivity index (χ4n) is 1.96. The van der Waals surface area contributed by atoms with Gasteiger partial charge in [0.2, 0.25) is 11.1 Å². The Morgan fingerprint density at radius 3 is 2.52 bits per heavy atom. The highest BCUT2D eigenvalue weighted by atomic mass is 32.2. The number of H-pyrrole nitrogens is 1. The van der Waals surface area contributed by atoms with Gasteiger partial charge in [-0.1, -0.05) is 72.4 Å². The van der Waals surface area contributed by atoms with E-state index >= 15 is 0 Å². The quantitative estimate of drug-likeness (QED) is 0.410. The SMILES string of the molecule is C/C(=N\Nc1nc(SCc2ccccc2)n[nH]1)c1ccccc1. The average molecular weight is 323 g/mol. The van der Waals surface area contributed by atoms with Crippen molar-refractivity contribution in [1.29, 1.82) is 0 Å². The molecule has 3 aromatic rings. The lowest BCUT2D eigenvalue weighted by molar-refractivity contribution is 0.972. The standard InChI is InChI=1S/C17H17N5S/c1-13(15-10-6-3-7-11-15)19-20-16-18-17(22-21-16)23-12-14-8-4-2-5-9-14/h2-11H,12H2,1H3,(H2,18,20,21,22)/b19-13+. The Kier molecular flexibility index (Phi) is 5.06. The second kappa shape index (κ2) is 7.60. The molecule has 6 heteroatoms. The van der Waals surface area contributed by atoms with Crippen molar-refractivity contribution in [2.24, 2.45) is 5.10 Å². The molecular weight excluding hydrogens is 306 g/mol. The van der Waals surface area contributed by atoms with Crippen molar-refractivity contribution >= 4 is 23.4 Å². The fraction of sp³-hybridized carbons (Fsp3) is 0.118. The van der Waals surface area contributed by atoms with Crippen molar-refractivity contribution in [3.8, 4) is 0 Å². The number of rotatable bonds is 6. The fourth-order valence-corrected chi connectivity index (χ4v) is 2.72. The summed E-state index contributed by atoms with van der Waals surface area (Å²) in [5.74, 6) is 1.38. The van der Waals surface area contributed by atoms with Gasteiger partial charge in [0, 0.05) is 5.75 Å². The van der Waals surface area contributed by atoms with E-state index in [0.29, 0.717) is 11.1 Å². The predicted octanol–water partition coefficient (Wildman–Crippen LogP) is 3.93. The van der Waals surface area contributed by atoms with E-state index in [0.717, 1.165) is 17.0 Å². The summed E-state index contributed by atoms with van der Waals surface area (Å²) in [4.78, 5) is 4.37. The minimum atomic E-state index is 0.538.